The van der Waals surface area contributed by atoms with Crippen molar-refractivity contribution in [3.8, 4) is 0 Å². The normalized spacial score (nSPS) is 14.1. The van der Waals surface area contributed by atoms with Crippen LogP contribution in [0.3, 0.4) is 0 Å². The summed E-state index contributed by atoms with van der Waals surface area (Å²) in [5.74, 6) is -0.911. The van der Waals surface area contributed by atoms with Crippen molar-refractivity contribution < 1.29 is 18.8 Å². The lowest BCUT2D eigenvalue weighted by Gasteiger charge is -2.28. The van der Waals surface area contributed by atoms with Crippen LogP contribution >= 0.6 is 0 Å². The van der Waals surface area contributed by atoms with E-state index in [1.165, 1.54) is 18.2 Å². The molecule has 2 aromatic rings. The zero-order valence-corrected chi connectivity index (χ0v) is 14.0. The molecule has 26 heavy (non-hydrogen) atoms. The van der Waals surface area contributed by atoms with Gasteiger partial charge in [-0.3, -0.25) is 14.9 Å². The molecular weight excluding hydrogens is 341 g/mol. The predicted molar refractivity (Wildman–Crippen MR) is 93.7 cm³/mol. The standard InChI is InChI=1S/C18H18FN3O4/c19-15-4-2-1-3-14(15)12-20-18(23)13-5-6-16(17(11-13)22(24)25)21-7-9-26-10-8-21/h1-6,11H,7-10,12H2,(H,20,23). The molecule has 0 bridgehead atoms. The SMILES string of the molecule is O=C(NCc1ccccc1F)c1ccc(N2CCOCC2)c([N+](=O)[O-])c1. The van der Waals surface area contributed by atoms with Crippen LogP contribution < -0.4 is 10.2 Å². The first-order valence-corrected chi connectivity index (χ1v) is 8.19. The van der Waals surface area contributed by atoms with Crippen LogP contribution in [0.5, 0.6) is 0 Å². The number of anilines is 1. The second-order valence-electron chi connectivity index (χ2n) is 5.83. The zero-order valence-electron chi connectivity index (χ0n) is 14.0. The number of hydrogen-bond donors (Lipinski definition) is 1. The minimum Gasteiger partial charge on any atom is -0.378 e. The number of amides is 1. The average molecular weight is 359 g/mol. The van der Waals surface area contributed by atoms with Crippen LogP contribution in [0.4, 0.5) is 15.8 Å². The van der Waals surface area contributed by atoms with E-state index >= 15 is 0 Å². The first kappa shape index (κ1) is 17.8. The van der Waals surface area contributed by atoms with Crippen molar-refractivity contribution in [2.45, 2.75) is 6.54 Å². The first-order valence-electron chi connectivity index (χ1n) is 8.19. The molecule has 136 valence electrons. The van der Waals surface area contributed by atoms with E-state index in [1.807, 2.05) is 4.90 Å². The summed E-state index contributed by atoms with van der Waals surface area (Å²) in [6.07, 6.45) is 0. The lowest BCUT2D eigenvalue weighted by molar-refractivity contribution is -0.384. The van der Waals surface area contributed by atoms with Crippen LogP contribution in [0.25, 0.3) is 0 Å². The smallest absolute Gasteiger partial charge is 0.293 e. The molecule has 1 fully saturated rings. The molecule has 0 unspecified atom stereocenters. The quantitative estimate of drug-likeness (QED) is 0.655. The maximum absolute atomic E-state index is 13.6. The van der Waals surface area contributed by atoms with Crippen LogP contribution in [0.1, 0.15) is 15.9 Å². The molecule has 1 N–H and O–H groups in total. The van der Waals surface area contributed by atoms with E-state index in [9.17, 15) is 19.3 Å². The molecule has 2 aromatic carbocycles. The van der Waals surface area contributed by atoms with E-state index in [4.69, 9.17) is 4.74 Å². The maximum Gasteiger partial charge on any atom is 0.293 e. The van der Waals surface area contributed by atoms with Gasteiger partial charge in [-0.05, 0) is 18.2 Å². The number of rotatable bonds is 5. The number of nitro benzene ring substituents is 1. The minimum absolute atomic E-state index is 0.00448. The predicted octanol–water partition coefficient (Wildman–Crippen LogP) is 2.50. The van der Waals surface area contributed by atoms with Crippen molar-refractivity contribution in [1.82, 2.24) is 5.32 Å². The van der Waals surface area contributed by atoms with Gasteiger partial charge in [-0.1, -0.05) is 18.2 Å². The minimum atomic E-state index is -0.502. The lowest BCUT2D eigenvalue weighted by atomic mass is 10.1. The van der Waals surface area contributed by atoms with Crippen molar-refractivity contribution in [3.63, 3.8) is 0 Å². The summed E-state index contributed by atoms with van der Waals surface area (Å²) in [5.41, 5.74) is 0.833. The monoisotopic (exact) mass is 359 g/mol. The first-order chi connectivity index (χ1) is 12.6. The Hall–Kier alpha value is -3.00. The van der Waals surface area contributed by atoms with Gasteiger partial charge < -0.3 is 15.0 Å². The van der Waals surface area contributed by atoms with E-state index < -0.39 is 16.6 Å². The van der Waals surface area contributed by atoms with Gasteiger partial charge in [0, 0.05) is 36.8 Å². The Morgan fingerprint density at radius 3 is 2.65 bits per heavy atom. The molecule has 1 heterocycles. The summed E-state index contributed by atoms with van der Waals surface area (Å²) < 4.78 is 18.9. The largest absolute Gasteiger partial charge is 0.378 e. The van der Waals surface area contributed by atoms with Gasteiger partial charge in [-0.2, -0.15) is 0 Å². The number of ether oxygens (including phenoxy) is 1. The fourth-order valence-corrected chi connectivity index (χ4v) is 2.80. The summed E-state index contributed by atoms with van der Waals surface area (Å²) in [4.78, 5) is 25.1. The molecule has 7 nitrogen and oxygen atoms in total. The number of carbonyl (C=O) groups excluding carboxylic acids is 1. The summed E-state index contributed by atoms with van der Waals surface area (Å²) in [6.45, 7) is 2.12. The average Bonchev–Trinajstić information content (AvgIpc) is 2.67. The summed E-state index contributed by atoms with van der Waals surface area (Å²) in [7, 11) is 0. The molecule has 3 rings (SSSR count). The number of nitro groups is 1. The number of benzene rings is 2. The molecule has 0 aromatic heterocycles. The van der Waals surface area contributed by atoms with Gasteiger partial charge in [0.05, 0.1) is 18.1 Å². The van der Waals surface area contributed by atoms with Gasteiger partial charge in [0.2, 0.25) is 0 Å². The summed E-state index contributed by atoms with van der Waals surface area (Å²) in [6, 6.07) is 10.5. The third-order valence-corrected chi connectivity index (χ3v) is 4.18. The van der Waals surface area contributed by atoms with E-state index in [-0.39, 0.29) is 17.8 Å². The highest BCUT2D eigenvalue weighted by molar-refractivity contribution is 5.95. The molecule has 8 heteroatoms. The number of halogens is 1. The molecule has 1 amide bonds. The number of morpholine rings is 1. The van der Waals surface area contributed by atoms with Crippen molar-refractivity contribution in [3.05, 3.63) is 69.5 Å². The van der Waals surface area contributed by atoms with Crippen LogP contribution in [-0.4, -0.2) is 37.1 Å². The van der Waals surface area contributed by atoms with E-state index in [2.05, 4.69) is 5.32 Å². The molecular formula is C18H18FN3O4. The van der Waals surface area contributed by atoms with Gasteiger partial charge in [-0.25, -0.2) is 4.39 Å². The third kappa shape index (κ3) is 3.97. The molecule has 1 aliphatic rings. The molecule has 1 aliphatic heterocycles. The van der Waals surface area contributed by atoms with Crippen LogP contribution in [0.15, 0.2) is 42.5 Å². The fraction of sp³-hybridized carbons (Fsp3) is 0.278. The van der Waals surface area contributed by atoms with E-state index in [0.717, 1.165) is 0 Å². The van der Waals surface area contributed by atoms with Crippen molar-refractivity contribution in [2.75, 3.05) is 31.2 Å². The fourth-order valence-electron chi connectivity index (χ4n) is 2.80. The van der Waals surface area contributed by atoms with Gasteiger partial charge in [0.25, 0.3) is 11.6 Å². The van der Waals surface area contributed by atoms with Gasteiger partial charge in [0.15, 0.2) is 0 Å². The Labute approximate surface area is 149 Å². The molecule has 0 spiro atoms. The van der Waals surface area contributed by atoms with E-state index in [1.54, 1.807) is 24.3 Å². The highest BCUT2D eigenvalue weighted by Gasteiger charge is 2.23. The second kappa shape index (κ2) is 7.92. The Kier molecular flexibility index (Phi) is 5.43. The lowest BCUT2D eigenvalue weighted by Crippen LogP contribution is -2.36. The number of nitrogens with one attached hydrogen (secondary N) is 1. The highest BCUT2D eigenvalue weighted by atomic mass is 19.1. The zero-order chi connectivity index (χ0) is 18.5. The molecule has 0 atom stereocenters. The van der Waals surface area contributed by atoms with Crippen molar-refractivity contribution in [1.29, 1.82) is 0 Å². The summed E-state index contributed by atoms with van der Waals surface area (Å²) in [5, 5.41) is 14.0. The van der Waals surface area contributed by atoms with Gasteiger partial charge in [0.1, 0.15) is 11.5 Å². The number of nitrogens with zero attached hydrogens (tertiary/aromatic N) is 2. The van der Waals surface area contributed by atoms with Crippen LogP contribution in [0, 0.1) is 15.9 Å². The Morgan fingerprint density at radius 1 is 1.23 bits per heavy atom. The van der Waals surface area contributed by atoms with Crippen molar-refractivity contribution in [2.24, 2.45) is 0 Å². The summed E-state index contributed by atoms with van der Waals surface area (Å²) >= 11 is 0. The van der Waals surface area contributed by atoms with Crippen LogP contribution in [-0.2, 0) is 11.3 Å². The topological polar surface area (TPSA) is 84.7 Å². The Balaban J connectivity index is 1.77. The second-order valence-corrected chi connectivity index (χ2v) is 5.83. The Bertz CT molecular complexity index is 822. The number of carbonyl (C=O) groups is 1. The van der Waals surface area contributed by atoms with Crippen LogP contribution in [0.2, 0.25) is 0 Å². The third-order valence-electron chi connectivity index (χ3n) is 4.18. The molecule has 1 saturated heterocycles. The highest BCUT2D eigenvalue weighted by Crippen LogP contribution is 2.30. The molecule has 0 aliphatic carbocycles. The van der Waals surface area contributed by atoms with Crippen molar-refractivity contribution >= 4 is 17.3 Å². The maximum atomic E-state index is 13.6. The molecule has 0 radical (unpaired) electrons. The van der Waals surface area contributed by atoms with Gasteiger partial charge >= 0.3 is 0 Å². The number of hydrogen-bond acceptors (Lipinski definition) is 5. The Morgan fingerprint density at radius 2 is 1.96 bits per heavy atom. The van der Waals surface area contributed by atoms with E-state index in [0.29, 0.717) is 37.6 Å². The molecule has 0 saturated carbocycles. The van der Waals surface area contributed by atoms with Gasteiger partial charge in [-0.15, -0.1) is 0 Å².